The molecule has 66 valence electrons. The average Bonchev–Trinajstić information content (AvgIpc) is 1.80. The summed E-state index contributed by atoms with van der Waals surface area (Å²) in [6, 6.07) is 0. The number of carbonyl (C=O) groups excluding carboxylic acids is 1. The number of carbonyl (C=O) groups is 1. The van der Waals surface area contributed by atoms with E-state index in [4.69, 9.17) is 11.6 Å². The number of halogens is 1. The summed E-state index contributed by atoms with van der Waals surface area (Å²) in [4.78, 5) is 12.1. The van der Waals surface area contributed by atoms with E-state index in [9.17, 15) is 4.79 Å². The van der Waals surface area contributed by atoms with Gasteiger partial charge in [0.15, 0.2) is 0 Å². The standard InChI is InChI=1S/C8H16ClNO/c1-8(2,3)5-6-10(4)7(9)11/h5-6H2,1-4H3. The zero-order valence-corrected chi connectivity index (χ0v) is 8.40. The Morgan fingerprint density at radius 3 is 2.18 bits per heavy atom. The first-order valence-corrected chi connectivity index (χ1v) is 4.11. The van der Waals surface area contributed by atoms with Gasteiger partial charge >= 0.3 is 5.37 Å². The Morgan fingerprint density at radius 2 is 1.91 bits per heavy atom. The maximum Gasteiger partial charge on any atom is 0.316 e. The Bertz CT molecular complexity index is 140. The van der Waals surface area contributed by atoms with Gasteiger partial charge in [-0.2, -0.15) is 0 Å². The summed E-state index contributed by atoms with van der Waals surface area (Å²) in [6.07, 6.45) is 0.974. The lowest BCUT2D eigenvalue weighted by Crippen LogP contribution is -2.25. The lowest BCUT2D eigenvalue weighted by molar-refractivity contribution is 0.223. The van der Waals surface area contributed by atoms with E-state index in [1.807, 2.05) is 0 Å². The van der Waals surface area contributed by atoms with Crippen molar-refractivity contribution in [3.63, 3.8) is 0 Å². The van der Waals surface area contributed by atoms with Crippen LogP contribution < -0.4 is 0 Å². The second-order valence-corrected chi connectivity index (χ2v) is 4.31. The van der Waals surface area contributed by atoms with Crippen LogP contribution in [0, 0.1) is 5.41 Å². The maximum atomic E-state index is 10.6. The smallest absolute Gasteiger partial charge is 0.316 e. The minimum Gasteiger partial charge on any atom is -0.332 e. The van der Waals surface area contributed by atoms with Crippen molar-refractivity contribution >= 4 is 17.0 Å². The number of hydrogen-bond acceptors (Lipinski definition) is 1. The molecule has 0 fully saturated rings. The molecule has 0 aromatic rings. The molecule has 0 aromatic heterocycles. The van der Waals surface area contributed by atoms with Gasteiger partial charge in [0.25, 0.3) is 0 Å². The molecule has 0 saturated heterocycles. The third-order valence-corrected chi connectivity index (χ3v) is 1.79. The van der Waals surface area contributed by atoms with E-state index in [1.165, 1.54) is 4.90 Å². The van der Waals surface area contributed by atoms with Gasteiger partial charge in [-0.25, -0.2) is 0 Å². The molecule has 0 aliphatic heterocycles. The normalized spacial score (nSPS) is 11.4. The minimum atomic E-state index is -0.380. The molecule has 0 unspecified atom stereocenters. The summed E-state index contributed by atoms with van der Waals surface area (Å²) in [5.74, 6) is 0. The summed E-state index contributed by atoms with van der Waals surface area (Å²) >= 11 is 5.24. The van der Waals surface area contributed by atoms with Crippen LogP contribution in [-0.2, 0) is 0 Å². The third kappa shape index (κ3) is 6.17. The lowest BCUT2D eigenvalue weighted by Gasteiger charge is -2.21. The van der Waals surface area contributed by atoms with E-state index in [2.05, 4.69) is 20.8 Å². The SMILES string of the molecule is CN(CCC(C)(C)C)C(=O)Cl. The predicted molar refractivity (Wildman–Crippen MR) is 48.0 cm³/mol. The number of amides is 1. The van der Waals surface area contributed by atoms with Crippen LogP contribution in [0.4, 0.5) is 4.79 Å². The van der Waals surface area contributed by atoms with Crippen LogP contribution in [0.5, 0.6) is 0 Å². The van der Waals surface area contributed by atoms with Crippen LogP contribution >= 0.6 is 11.6 Å². The number of nitrogens with zero attached hydrogens (tertiary/aromatic N) is 1. The molecule has 0 aromatic carbocycles. The van der Waals surface area contributed by atoms with Gasteiger partial charge in [0.05, 0.1) is 0 Å². The minimum absolute atomic E-state index is 0.264. The maximum absolute atomic E-state index is 10.6. The van der Waals surface area contributed by atoms with Gasteiger partial charge in [-0.15, -0.1) is 0 Å². The zero-order valence-electron chi connectivity index (χ0n) is 7.65. The monoisotopic (exact) mass is 177 g/mol. The van der Waals surface area contributed by atoms with Crippen molar-refractivity contribution in [2.24, 2.45) is 5.41 Å². The van der Waals surface area contributed by atoms with Crippen molar-refractivity contribution in [2.45, 2.75) is 27.2 Å². The third-order valence-electron chi connectivity index (χ3n) is 1.50. The van der Waals surface area contributed by atoms with Crippen molar-refractivity contribution in [1.82, 2.24) is 4.90 Å². The molecule has 0 heterocycles. The molecule has 1 amide bonds. The fourth-order valence-electron chi connectivity index (χ4n) is 0.591. The molecular formula is C8H16ClNO. The van der Waals surface area contributed by atoms with Crippen molar-refractivity contribution in [3.05, 3.63) is 0 Å². The topological polar surface area (TPSA) is 20.3 Å². The Hall–Kier alpha value is -0.240. The second-order valence-electron chi connectivity index (χ2n) is 3.99. The molecule has 0 aliphatic carbocycles. The number of rotatable bonds is 2. The van der Waals surface area contributed by atoms with Gasteiger partial charge in [-0.3, -0.25) is 4.79 Å². The predicted octanol–water partition coefficient (Wildman–Crippen LogP) is 2.71. The molecule has 0 saturated carbocycles. The van der Waals surface area contributed by atoms with Gasteiger partial charge in [-0.1, -0.05) is 20.8 Å². The van der Waals surface area contributed by atoms with Crippen molar-refractivity contribution in [2.75, 3.05) is 13.6 Å². The highest BCUT2D eigenvalue weighted by Gasteiger charge is 2.12. The van der Waals surface area contributed by atoms with Gasteiger partial charge in [0.1, 0.15) is 0 Å². The Kier molecular flexibility index (Phi) is 3.87. The Labute approximate surface area is 73.5 Å². The summed E-state index contributed by atoms with van der Waals surface area (Å²) in [7, 11) is 1.71. The quantitative estimate of drug-likeness (QED) is 0.469. The summed E-state index contributed by atoms with van der Waals surface area (Å²) < 4.78 is 0. The van der Waals surface area contributed by atoms with Crippen molar-refractivity contribution in [3.8, 4) is 0 Å². The molecule has 0 N–H and O–H groups in total. The first-order valence-electron chi connectivity index (χ1n) is 3.73. The largest absolute Gasteiger partial charge is 0.332 e. The lowest BCUT2D eigenvalue weighted by atomic mass is 9.92. The number of hydrogen-bond donors (Lipinski definition) is 0. The van der Waals surface area contributed by atoms with Crippen LogP contribution in [0.2, 0.25) is 0 Å². The summed E-state index contributed by atoms with van der Waals surface area (Å²) in [5, 5.41) is -0.380. The molecule has 3 heteroatoms. The second kappa shape index (κ2) is 3.96. The Balaban J connectivity index is 3.63. The fraction of sp³-hybridized carbons (Fsp3) is 0.875. The molecule has 0 radical (unpaired) electrons. The van der Waals surface area contributed by atoms with Crippen LogP contribution in [0.15, 0.2) is 0 Å². The van der Waals surface area contributed by atoms with Crippen LogP contribution in [0.3, 0.4) is 0 Å². The molecular weight excluding hydrogens is 162 g/mol. The van der Waals surface area contributed by atoms with Gasteiger partial charge in [0, 0.05) is 13.6 Å². The average molecular weight is 178 g/mol. The van der Waals surface area contributed by atoms with E-state index in [0.29, 0.717) is 0 Å². The molecule has 0 rings (SSSR count). The van der Waals surface area contributed by atoms with Crippen LogP contribution in [0.25, 0.3) is 0 Å². The highest BCUT2D eigenvalue weighted by Crippen LogP contribution is 2.18. The molecule has 0 spiro atoms. The molecule has 0 atom stereocenters. The highest BCUT2D eigenvalue weighted by molar-refractivity contribution is 6.62. The van der Waals surface area contributed by atoms with E-state index in [-0.39, 0.29) is 10.8 Å². The van der Waals surface area contributed by atoms with Gasteiger partial charge in [-0.05, 0) is 23.4 Å². The van der Waals surface area contributed by atoms with Crippen molar-refractivity contribution in [1.29, 1.82) is 0 Å². The van der Waals surface area contributed by atoms with E-state index >= 15 is 0 Å². The van der Waals surface area contributed by atoms with Gasteiger partial charge < -0.3 is 4.90 Å². The zero-order chi connectivity index (χ0) is 9.07. The summed E-state index contributed by atoms with van der Waals surface area (Å²) in [6.45, 7) is 7.14. The van der Waals surface area contributed by atoms with Gasteiger partial charge in [0.2, 0.25) is 0 Å². The fourth-order valence-corrected chi connectivity index (χ4v) is 0.676. The molecule has 11 heavy (non-hydrogen) atoms. The van der Waals surface area contributed by atoms with E-state index in [1.54, 1.807) is 7.05 Å². The van der Waals surface area contributed by atoms with Crippen LogP contribution in [-0.4, -0.2) is 23.9 Å². The molecule has 0 aliphatic rings. The highest BCUT2D eigenvalue weighted by atomic mass is 35.5. The van der Waals surface area contributed by atoms with E-state index < -0.39 is 0 Å². The van der Waals surface area contributed by atoms with E-state index in [0.717, 1.165) is 13.0 Å². The van der Waals surface area contributed by atoms with Crippen LogP contribution in [0.1, 0.15) is 27.2 Å². The molecule has 0 bridgehead atoms. The summed E-state index contributed by atoms with van der Waals surface area (Å²) in [5.41, 5.74) is 0.264. The first-order chi connectivity index (χ1) is 4.83. The first kappa shape index (κ1) is 10.8. The molecule has 2 nitrogen and oxygen atoms in total. The van der Waals surface area contributed by atoms with Crippen molar-refractivity contribution < 1.29 is 4.79 Å². The Morgan fingerprint density at radius 1 is 1.45 bits per heavy atom.